The van der Waals surface area contributed by atoms with Crippen LogP contribution in [-0.2, 0) is 7.05 Å². The Bertz CT molecular complexity index is 1020. The number of hydrogen-bond donors (Lipinski definition) is 2. The number of pyridine rings is 1. The van der Waals surface area contributed by atoms with E-state index < -0.39 is 0 Å². The number of nitrogens with zero attached hydrogens (tertiary/aromatic N) is 3. The molecule has 0 spiro atoms. The second-order valence-corrected chi connectivity index (χ2v) is 6.18. The van der Waals surface area contributed by atoms with Crippen LogP contribution in [0.4, 0.5) is 10.2 Å². The van der Waals surface area contributed by atoms with E-state index in [4.69, 9.17) is 0 Å². The number of benzene rings is 1. The Morgan fingerprint density at radius 2 is 2.08 bits per heavy atom. The monoisotopic (exact) mass is 335 g/mol. The van der Waals surface area contributed by atoms with Gasteiger partial charge in [-0.3, -0.25) is 4.68 Å². The third-order valence-corrected chi connectivity index (χ3v) is 4.25. The van der Waals surface area contributed by atoms with Crippen molar-refractivity contribution >= 4 is 16.7 Å². The first kappa shape index (κ1) is 15.4. The standard InChI is InChI=1S/C19H18FN5/c1-12-3-6-18(22-8-12)24-19(13-9-23-25(2)11-13)16-10-21-17-5-4-14(20)7-15(16)17/h3-11,19,21H,1-2H3,(H,22,24). The summed E-state index contributed by atoms with van der Waals surface area (Å²) in [4.78, 5) is 7.65. The molecule has 5 nitrogen and oxygen atoms in total. The molecule has 0 aliphatic heterocycles. The molecule has 3 heterocycles. The maximum Gasteiger partial charge on any atom is 0.126 e. The highest BCUT2D eigenvalue weighted by Crippen LogP contribution is 2.31. The van der Waals surface area contributed by atoms with Crippen LogP contribution in [0.2, 0.25) is 0 Å². The Hall–Kier alpha value is -3.15. The normalized spacial score (nSPS) is 12.4. The summed E-state index contributed by atoms with van der Waals surface area (Å²) < 4.78 is 15.5. The number of anilines is 1. The van der Waals surface area contributed by atoms with Crippen molar-refractivity contribution in [2.75, 3.05) is 5.32 Å². The van der Waals surface area contributed by atoms with Gasteiger partial charge in [-0.2, -0.15) is 5.10 Å². The fraction of sp³-hybridized carbons (Fsp3) is 0.158. The average molecular weight is 335 g/mol. The van der Waals surface area contributed by atoms with Gasteiger partial charge in [-0.1, -0.05) is 6.07 Å². The molecule has 0 saturated heterocycles. The molecule has 0 fully saturated rings. The fourth-order valence-corrected chi connectivity index (χ4v) is 2.98. The lowest BCUT2D eigenvalue weighted by molar-refractivity contribution is 0.629. The van der Waals surface area contributed by atoms with E-state index in [2.05, 4.69) is 20.4 Å². The van der Waals surface area contributed by atoms with Crippen molar-refractivity contribution in [2.45, 2.75) is 13.0 Å². The quantitative estimate of drug-likeness (QED) is 0.594. The summed E-state index contributed by atoms with van der Waals surface area (Å²) in [6, 6.07) is 8.50. The number of fused-ring (bicyclic) bond motifs is 1. The molecule has 1 atom stereocenters. The van der Waals surface area contributed by atoms with Gasteiger partial charge in [-0.05, 0) is 36.8 Å². The predicted molar refractivity (Wildman–Crippen MR) is 95.9 cm³/mol. The molecule has 4 aromatic rings. The minimum atomic E-state index is -0.258. The molecule has 0 bridgehead atoms. The number of halogens is 1. The molecule has 25 heavy (non-hydrogen) atoms. The minimum absolute atomic E-state index is 0.195. The van der Waals surface area contributed by atoms with E-state index in [0.29, 0.717) is 0 Å². The Balaban J connectivity index is 1.81. The number of hydrogen-bond acceptors (Lipinski definition) is 3. The zero-order valence-corrected chi connectivity index (χ0v) is 14.0. The molecule has 1 aromatic carbocycles. The van der Waals surface area contributed by atoms with E-state index in [1.165, 1.54) is 6.07 Å². The molecule has 4 rings (SSSR count). The van der Waals surface area contributed by atoms with Crippen molar-refractivity contribution in [3.05, 3.63) is 77.6 Å². The second kappa shape index (κ2) is 6.05. The third kappa shape index (κ3) is 2.98. The summed E-state index contributed by atoms with van der Waals surface area (Å²) in [6.07, 6.45) is 7.48. The lowest BCUT2D eigenvalue weighted by Gasteiger charge is -2.18. The van der Waals surface area contributed by atoms with Crippen molar-refractivity contribution in [3.8, 4) is 0 Å². The maximum atomic E-state index is 13.8. The molecular formula is C19H18FN5. The van der Waals surface area contributed by atoms with Crippen LogP contribution in [0.3, 0.4) is 0 Å². The maximum absolute atomic E-state index is 13.8. The van der Waals surface area contributed by atoms with E-state index in [-0.39, 0.29) is 11.9 Å². The summed E-state index contributed by atoms with van der Waals surface area (Å²) in [6.45, 7) is 2.00. The highest BCUT2D eigenvalue weighted by Gasteiger charge is 2.20. The molecule has 1 unspecified atom stereocenters. The summed E-state index contributed by atoms with van der Waals surface area (Å²) in [5.41, 5.74) is 3.92. The van der Waals surface area contributed by atoms with E-state index in [1.807, 2.05) is 50.9 Å². The van der Waals surface area contributed by atoms with E-state index in [1.54, 1.807) is 16.8 Å². The minimum Gasteiger partial charge on any atom is -0.361 e. The van der Waals surface area contributed by atoms with Crippen LogP contribution in [0.15, 0.2) is 55.1 Å². The Morgan fingerprint density at radius 3 is 2.80 bits per heavy atom. The Morgan fingerprint density at radius 1 is 1.20 bits per heavy atom. The zero-order chi connectivity index (χ0) is 17.4. The van der Waals surface area contributed by atoms with Gasteiger partial charge in [0.1, 0.15) is 11.6 Å². The van der Waals surface area contributed by atoms with Gasteiger partial charge in [0.25, 0.3) is 0 Å². The lowest BCUT2D eigenvalue weighted by Crippen LogP contribution is -2.12. The van der Waals surface area contributed by atoms with Gasteiger partial charge in [-0.25, -0.2) is 9.37 Å². The number of H-pyrrole nitrogens is 1. The van der Waals surface area contributed by atoms with Crippen molar-refractivity contribution in [1.82, 2.24) is 19.7 Å². The van der Waals surface area contributed by atoms with Gasteiger partial charge in [0.2, 0.25) is 0 Å². The molecular weight excluding hydrogens is 317 g/mol. The fourth-order valence-electron chi connectivity index (χ4n) is 2.98. The number of rotatable bonds is 4. The van der Waals surface area contributed by atoms with Gasteiger partial charge >= 0.3 is 0 Å². The SMILES string of the molecule is Cc1ccc(NC(c2cnn(C)c2)c2c[nH]c3ccc(F)cc23)nc1. The van der Waals surface area contributed by atoms with Gasteiger partial charge in [0.05, 0.1) is 12.2 Å². The first-order valence-electron chi connectivity index (χ1n) is 8.04. The average Bonchev–Trinajstić information content (AvgIpc) is 3.20. The number of aryl methyl sites for hydroxylation is 2. The van der Waals surface area contributed by atoms with Gasteiger partial charge in [-0.15, -0.1) is 0 Å². The van der Waals surface area contributed by atoms with Crippen LogP contribution < -0.4 is 5.32 Å². The highest BCUT2D eigenvalue weighted by atomic mass is 19.1. The smallest absolute Gasteiger partial charge is 0.126 e. The summed E-state index contributed by atoms with van der Waals surface area (Å²) in [5, 5.41) is 8.56. The summed E-state index contributed by atoms with van der Waals surface area (Å²) in [7, 11) is 1.87. The van der Waals surface area contributed by atoms with Crippen molar-refractivity contribution in [3.63, 3.8) is 0 Å². The van der Waals surface area contributed by atoms with Crippen LogP contribution >= 0.6 is 0 Å². The largest absolute Gasteiger partial charge is 0.361 e. The summed E-state index contributed by atoms with van der Waals surface area (Å²) >= 11 is 0. The molecule has 126 valence electrons. The lowest BCUT2D eigenvalue weighted by atomic mass is 10.0. The van der Waals surface area contributed by atoms with E-state index in [0.717, 1.165) is 33.4 Å². The molecule has 6 heteroatoms. The first-order chi connectivity index (χ1) is 12.1. The number of aromatic nitrogens is 4. The number of nitrogens with one attached hydrogen (secondary N) is 2. The van der Waals surface area contributed by atoms with Crippen LogP contribution in [0.5, 0.6) is 0 Å². The van der Waals surface area contributed by atoms with Crippen molar-refractivity contribution < 1.29 is 4.39 Å². The molecule has 0 aliphatic carbocycles. The molecule has 0 saturated carbocycles. The number of aromatic amines is 1. The van der Waals surface area contributed by atoms with Crippen LogP contribution in [0.1, 0.15) is 22.7 Å². The predicted octanol–water partition coefficient (Wildman–Crippen LogP) is 3.95. The Labute approximate surface area is 144 Å². The molecule has 0 amide bonds. The van der Waals surface area contributed by atoms with Gasteiger partial charge < -0.3 is 10.3 Å². The highest BCUT2D eigenvalue weighted by molar-refractivity contribution is 5.84. The van der Waals surface area contributed by atoms with E-state index in [9.17, 15) is 4.39 Å². The van der Waals surface area contributed by atoms with Crippen molar-refractivity contribution in [2.24, 2.45) is 7.05 Å². The van der Waals surface area contributed by atoms with E-state index >= 15 is 0 Å². The Kier molecular flexibility index (Phi) is 3.72. The van der Waals surface area contributed by atoms with Crippen LogP contribution in [0, 0.1) is 12.7 Å². The zero-order valence-electron chi connectivity index (χ0n) is 14.0. The molecule has 0 aliphatic rings. The molecule has 0 radical (unpaired) electrons. The van der Waals surface area contributed by atoms with Gasteiger partial charge in [0, 0.05) is 47.7 Å². The summed E-state index contributed by atoms with van der Waals surface area (Å²) in [5.74, 6) is 0.497. The second-order valence-electron chi connectivity index (χ2n) is 6.18. The molecule has 2 N–H and O–H groups in total. The first-order valence-corrected chi connectivity index (χ1v) is 8.04. The van der Waals surface area contributed by atoms with Crippen LogP contribution in [-0.4, -0.2) is 19.7 Å². The third-order valence-electron chi connectivity index (χ3n) is 4.25. The molecule has 3 aromatic heterocycles. The van der Waals surface area contributed by atoms with Crippen LogP contribution in [0.25, 0.3) is 10.9 Å². The van der Waals surface area contributed by atoms with Gasteiger partial charge in [0.15, 0.2) is 0 Å². The van der Waals surface area contributed by atoms with Crippen molar-refractivity contribution in [1.29, 1.82) is 0 Å². The topological polar surface area (TPSA) is 58.5 Å².